The molecule has 3 heterocycles. The molecule has 2 saturated heterocycles. The van der Waals surface area contributed by atoms with Gasteiger partial charge >= 0.3 is 0 Å². The van der Waals surface area contributed by atoms with Crippen molar-refractivity contribution in [2.24, 2.45) is 0 Å². The van der Waals surface area contributed by atoms with Gasteiger partial charge in [0.15, 0.2) is 12.1 Å². The number of likely N-dealkylation sites (N-methyl/N-ethyl adjacent to an activating group) is 1. The number of amides is 2. The summed E-state index contributed by atoms with van der Waals surface area (Å²) in [7, 11) is 1.80. The van der Waals surface area contributed by atoms with Crippen LogP contribution in [0.5, 0.6) is 0 Å². The van der Waals surface area contributed by atoms with Gasteiger partial charge in [-0.25, -0.2) is 4.98 Å². The molecule has 2 amide bonds. The highest BCUT2D eigenvalue weighted by Gasteiger charge is 2.42. The lowest BCUT2D eigenvalue weighted by molar-refractivity contribution is -0.167. The van der Waals surface area contributed by atoms with E-state index in [1.165, 1.54) is 6.39 Å². The number of carbonyl (C=O) groups is 2. The fraction of sp³-hybridized carbons (Fsp3) is 0.667. The van der Waals surface area contributed by atoms with E-state index in [0.29, 0.717) is 37.5 Å². The first-order valence-corrected chi connectivity index (χ1v) is 7.64. The number of hydrogen-bond acceptors (Lipinski definition) is 5. The Bertz CT molecular complexity index is 575. The Labute approximate surface area is 129 Å². The molecule has 0 radical (unpaired) electrons. The zero-order valence-electron chi connectivity index (χ0n) is 13.0. The van der Waals surface area contributed by atoms with E-state index >= 15 is 0 Å². The van der Waals surface area contributed by atoms with E-state index in [1.807, 2.05) is 6.92 Å². The molecule has 0 aliphatic carbocycles. The Morgan fingerprint density at radius 2 is 2.14 bits per heavy atom. The zero-order chi connectivity index (χ0) is 15.7. The average Bonchev–Trinajstić information content (AvgIpc) is 3.00. The van der Waals surface area contributed by atoms with Crippen molar-refractivity contribution in [1.82, 2.24) is 14.8 Å². The molecule has 22 heavy (non-hydrogen) atoms. The molecule has 0 atom stereocenters. The van der Waals surface area contributed by atoms with Gasteiger partial charge in [0.2, 0.25) is 5.91 Å². The second kappa shape index (κ2) is 5.72. The lowest BCUT2D eigenvalue weighted by Gasteiger charge is -2.46. The third-order valence-electron chi connectivity index (χ3n) is 4.58. The molecule has 0 unspecified atom stereocenters. The summed E-state index contributed by atoms with van der Waals surface area (Å²) in [6.07, 6.45) is 3.43. The van der Waals surface area contributed by atoms with Crippen LogP contribution in [0.15, 0.2) is 10.8 Å². The minimum atomic E-state index is -0.309. The number of morpholine rings is 1. The highest BCUT2D eigenvalue weighted by Crippen LogP contribution is 2.30. The molecule has 1 aromatic heterocycles. The molecule has 0 aromatic carbocycles. The van der Waals surface area contributed by atoms with E-state index in [1.54, 1.807) is 16.8 Å². The van der Waals surface area contributed by atoms with Gasteiger partial charge in [-0.3, -0.25) is 9.59 Å². The number of carbonyl (C=O) groups excluding carboxylic acids is 2. The molecule has 2 aliphatic rings. The van der Waals surface area contributed by atoms with Gasteiger partial charge in [0, 0.05) is 33.1 Å². The van der Waals surface area contributed by atoms with Crippen LogP contribution in [0.2, 0.25) is 0 Å². The second-order valence-electron chi connectivity index (χ2n) is 5.99. The Hall–Kier alpha value is -1.89. The smallest absolute Gasteiger partial charge is 0.276 e. The zero-order valence-corrected chi connectivity index (χ0v) is 13.0. The summed E-state index contributed by atoms with van der Waals surface area (Å²) in [6, 6.07) is 0. The first kappa shape index (κ1) is 15.0. The average molecular weight is 307 g/mol. The van der Waals surface area contributed by atoms with Crippen LogP contribution in [0.25, 0.3) is 0 Å². The number of nitrogens with zero attached hydrogens (tertiary/aromatic N) is 3. The number of oxazole rings is 1. The summed E-state index contributed by atoms with van der Waals surface area (Å²) in [5, 5.41) is 0. The normalized spacial score (nSPS) is 21.5. The summed E-state index contributed by atoms with van der Waals surface area (Å²) >= 11 is 0. The summed E-state index contributed by atoms with van der Waals surface area (Å²) < 4.78 is 11.0. The van der Waals surface area contributed by atoms with Crippen molar-refractivity contribution in [2.45, 2.75) is 31.8 Å². The van der Waals surface area contributed by atoms with Crippen molar-refractivity contribution in [3.05, 3.63) is 17.8 Å². The fourth-order valence-electron chi connectivity index (χ4n) is 3.16. The SMILES string of the molecule is CCc1ocnc1C(=O)N1CCC2(CC1)CN(C)C(=O)CO2. The second-order valence-corrected chi connectivity index (χ2v) is 5.99. The quantitative estimate of drug-likeness (QED) is 0.804. The molecule has 1 spiro atoms. The highest BCUT2D eigenvalue weighted by molar-refractivity contribution is 5.93. The van der Waals surface area contributed by atoms with E-state index in [-0.39, 0.29) is 24.0 Å². The van der Waals surface area contributed by atoms with Gasteiger partial charge in [-0.2, -0.15) is 0 Å². The van der Waals surface area contributed by atoms with Gasteiger partial charge in [0.25, 0.3) is 5.91 Å². The van der Waals surface area contributed by atoms with Crippen LogP contribution in [0.1, 0.15) is 36.0 Å². The number of hydrogen-bond donors (Lipinski definition) is 0. The maximum atomic E-state index is 12.5. The van der Waals surface area contributed by atoms with Gasteiger partial charge in [0.1, 0.15) is 12.4 Å². The van der Waals surface area contributed by atoms with Crippen LogP contribution in [0.3, 0.4) is 0 Å². The Morgan fingerprint density at radius 1 is 1.41 bits per heavy atom. The molecule has 0 bridgehead atoms. The molecule has 7 heteroatoms. The van der Waals surface area contributed by atoms with Gasteiger partial charge < -0.3 is 19.0 Å². The molecule has 2 aliphatic heterocycles. The van der Waals surface area contributed by atoms with Crippen molar-refractivity contribution < 1.29 is 18.7 Å². The van der Waals surface area contributed by atoms with Gasteiger partial charge in [-0.1, -0.05) is 6.92 Å². The van der Waals surface area contributed by atoms with Crippen LogP contribution in [-0.4, -0.2) is 65.5 Å². The standard InChI is InChI=1S/C15H21N3O4/c1-3-11-13(16-10-21-11)14(20)18-6-4-15(5-7-18)9-17(2)12(19)8-22-15/h10H,3-9H2,1-2H3. The lowest BCUT2D eigenvalue weighted by Crippen LogP contribution is -2.58. The molecule has 0 saturated carbocycles. The number of likely N-dealkylation sites (tertiary alicyclic amines) is 1. The minimum absolute atomic E-state index is 0.0133. The van der Waals surface area contributed by atoms with Crippen LogP contribution in [0.4, 0.5) is 0 Å². The fourth-order valence-corrected chi connectivity index (χ4v) is 3.16. The number of aromatic nitrogens is 1. The molecule has 3 rings (SSSR count). The maximum absolute atomic E-state index is 12.5. The minimum Gasteiger partial charge on any atom is -0.448 e. The maximum Gasteiger partial charge on any atom is 0.276 e. The van der Waals surface area contributed by atoms with Gasteiger partial charge in [0.05, 0.1) is 5.60 Å². The lowest BCUT2D eigenvalue weighted by atomic mass is 9.89. The molecule has 2 fully saturated rings. The number of piperidine rings is 1. The molecule has 120 valence electrons. The Morgan fingerprint density at radius 3 is 2.77 bits per heavy atom. The van der Waals surface area contributed by atoms with Crippen molar-refractivity contribution in [1.29, 1.82) is 0 Å². The molecule has 7 nitrogen and oxygen atoms in total. The first-order valence-electron chi connectivity index (χ1n) is 7.64. The number of aryl methyl sites for hydroxylation is 1. The predicted octanol–water partition coefficient (Wildman–Crippen LogP) is 0.700. The predicted molar refractivity (Wildman–Crippen MR) is 77.3 cm³/mol. The third-order valence-corrected chi connectivity index (χ3v) is 4.58. The van der Waals surface area contributed by atoms with Crippen molar-refractivity contribution >= 4 is 11.8 Å². The summed E-state index contributed by atoms with van der Waals surface area (Å²) in [5.74, 6) is 0.560. The Kier molecular flexibility index (Phi) is 3.90. The van der Waals surface area contributed by atoms with E-state index < -0.39 is 0 Å². The molecular formula is C15H21N3O4. The van der Waals surface area contributed by atoms with Crippen molar-refractivity contribution in [3.63, 3.8) is 0 Å². The number of rotatable bonds is 2. The monoisotopic (exact) mass is 307 g/mol. The van der Waals surface area contributed by atoms with Crippen LogP contribution >= 0.6 is 0 Å². The topological polar surface area (TPSA) is 75.9 Å². The summed E-state index contributed by atoms with van der Waals surface area (Å²) in [4.78, 5) is 31.6. The molecule has 0 N–H and O–H groups in total. The summed E-state index contributed by atoms with van der Waals surface area (Å²) in [6.45, 7) is 3.88. The van der Waals surface area contributed by atoms with Crippen molar-refractivity contribution in [2.75, 3.05) is 33.3 Å². The Balaban J connectivity index is 1.64. The van der Waals surface area contributed by atoms with E-state index in [2.05, 4.69) is 4.98 Å². The van der Waals surface area contributed by atoms with Gasteiger partial charge in [-0.15, -0.1) is 0 Å². The summed E-state index contributed by atoms with van der Waals surface area (Å²) in [5.41, 5.74) is 0.104. The largest absolute Gasteiger partial charge is 0.448 e. The van der Waals surface area contributed by atoms with E-state index in [9.17, 15) is 9.59 Å². The van der Waals surface area contributed by atoms with Crippen LogP contribution < -0.4 is 0 Å². The van der Waals surface area contributed by atoms with Crippen LogP contribution in [-0.2, 0) is 16.0 Å². The molecule has 1 aromatic rings. The molecular weight excluding hydrogens is 286 g/mol. The highest BCUT2D eigenvalue weighted by atomic mass is 16.5. The first-order chi connectivity index (χ1) is 10.5. The third kappa shape index (κ3) is 2.61. The van der Waals surface area contributed by atoms with Gasteiger partial charge in [-0.05, 0) is 12.8 Å². The van der Waals surface area contributed by atoms with Crippen LogP contribution in [0, 0.1) is 0 Å². The van der Waals surface area contributed by atoms with Crippen molar-refractivity contribution in [3.8, 4) is 0 Å². The number of ether oxygens (including phenoxy) is 1. The van der Waals surface area contributed by atoms with E-state index in [0.717, 1.165) is 12.8 Å². The van der Waals surface area contributed by atoms with E-state index in [4.69, 9.17) is 9.15 Å².